The maximum atomic E-state index is 4.48. The smallest absolute Gasteiger partial charge is 0.0829 e. The van der Waals surface area contributed by atoms with Crippen LogP contribution >= 0.6 is 11.5 Å². The van der Waals surface area contributed by atoms with E-state index in [0.29, 0.717) is 5.92 Å². The van der Waals surface area contributed by atoms with Gasteiger partial charge in [0, 0.05) is 19.7 Å². The van der Waals surface area contributed by atoms with Crippen molar-refractivity contribution < 1.29 is 0 Å². The summed E-state index contributed by atoms with van der Waals surface area (Å²) < 4.78 is 5.99. The van der Waals surface area contributed by atoms with E-state index >= 15 is 0 Å². The van der Waals surface area contributed by atoms with Crippen LogP contribution in [0.2, 0.25) is 0 Å². The molecular formula is C14H23N5S. The molecule has 0 saturated carbocycles. The van der Waals surface area contributed by atoms with Crippen molar-refractivity contribution in [3.8, 4) is 0 Å². The van der Waals surface area contributed by atoms with Gasteiger partial charge in [0.25, 0.3) is 0 Å². The van der Waals surface area contributed by atoms with Gasteiger partial charge in [0.1, 0.15) is 0 Å². The highest BCUT2D eigenvalue weighted by molar-refractivity contribution is 7.05. The zero-order valence-electron chi connectivity index (χ0n) is 12.6. The Bertz CT molecular complexity index is 531. The third-order valence-corrected chi connectivity index (χ3v) is 4.08. The van der Waals surface area contributed by atoms with Crippen molar-refractivity contribution in [2.24, 2.45) is 7.05 Å². The van der Waals surface area contributed by atoms with Crippen molar-refractivity contribution in [2.75, 3.05) is 6.54 Å². The van der Waals surface area contributed by atoms with E-state index in [-0.39, 0.29) is 6.04 Å². The maximum Gasteiger partial charge on any atom is 0.0829 e. The van der Waals surface area contributed by atoms with Crippen LogP contribution in [0.15, 0.2) is 12.3 Å². The zero-order chi connectivity index (χ0) is 14.5. The first kappa shape index (κ1) is 15.1. The second-order valence-corrected chi connectivity index (χ2v) is 6.15. The van der Waals surface area contributed by atoms with Crippen molar-refractivity contribution in [1.29, 1.82) is 0 Å². The summed E-state index contributed by atoms with van der Waals surface area (Å²) in [4.78, 5) is 1.25. The lowest BCUT2D eigenvalue weighted by molar-refractivity contribution is 0.521. The summed E-state index contributed by atoms with van der Waals surface area (Å²) in [5.41, 5.74) is 2.21. The van der Waals surface area contributed by atoms with Gasteiger partial charge in [-0.05, 0) is 36.5 Å². The molecule has 0 radical (unpaired) electrons. The molecule has 0 aliphatic carbocycles. The van der Waals surface area contributed by atoms with Crippen LogP contribution in [0.1, 0.15) is 55.4 Å². The predicted molar refractivity (Wildman–Crippen MR) is 81.9 cm³/mol. The number of aromatic nitrogens is 4. The molecule has 1 atom stereocenters. The quantitative estimate of drug-likeness (QED) is 0.852. The third-order valence-electron chi connectivity index (χ3n) is 3.23. The van der Waals surface area contributed by atoms with E-state index in [2.05, 4.69) is 46.8 Å². The summed E-state index contributed by atoms with van der Waals surface area (Å²) in [6.45, 7) is 7.50. The molecule has 20 heavy (non-hydrogen) atoms. The number of hydrogen-bond donors (Lipinski definition) is 1. The summed E-state index contributed by atoms with van der Waals surface area (Å²) in [5, 5.41) is 12.4. The van der Waals surface area contributed by atoms with Gasteiger partial charge in [-0.25, -0.2) is 0 Å². The SMILES string of the molecule is CCCNC(Cc1ccn(C)n1)c1snnc1C(C)C. The molecule has 0 bridgehead atoms. The van der Waals surface area contributed by atoms with Crippen LogP contribution in [-0.4, -0.2) is 25.9 Å². The fourth-order valence-electron chi connectivity index (χ4n) is 2.20. The molecule has 5 nitrogen and oxygen atoms in total. The molecule has 0 saturated heterocycles. The Balaban J connectivity index is 2.20. The fourth-order valence-corrected chi connectivity index (χ4v) is 3.08. The van der Waals surface area contributed by atoms with Crippen LogP contribution in [0.3, 0.4) is 0 Å². The highest BCUT2D eigenvalue weighted by Gasteiger charge is 2.21. The highest BCUT2D eigenvalue weighted by atomic mass is 32.1. The first-order chi connectivity index (χ1) is 9.61. The molecule has 2 heterocycles. The lowest BCUT2D eigenvalue weighted by atomic mass is 10.0. The molecule has 2 aromatic rings. The summed E-state index contributed by atoms with van der Waals surface area (Å²) in [6.07, 6.45) is 3.98. The lowest BCUT2D eigenvalue weighted by Crippen LogP contribution is -2.24. The molecule has 0 aliphatic heterocycles. The van der Waals surface area contributed by atoms with Gasteiger partial charge in [-0.2, -0.15) is 5.10 Å². The summed E-state index contributed by atoms with van der Waals surface area (Å²) >= 11 is 1.50. The van der Waals surface area contributed by atoms with Gasteiger partial charge >= 0.3 is 0 Å². The molecule has 0 amide bonds. The molecule has 0 spiro atoms. The second-order valence-electron chi connectivity index (χ2n) is 5.37. The van der Waals surface area contributed by atoms with Gasteiger partial charge in [0.2, 0.25) is 0 Å². The minimum atomic E-state index is 0.252. The van der Waals surface area contributed by atoms with Gasteiger partial charge in [-0.15, -0.1) is 5.10 Å². The average molecular weight is 293 g/mol. The van der Waals surface area contributed by atoms with Crippen molar-refractivity contribution in [3.63, 3.8) is 0 Å². The summed E-state index contributed by atoms with van der Waals surface area (Å²) in [7, 11) is 1.95. The number of nitrogens with zero attached hydrogens (tertiary/aromatic N) is 4. The lowest BCUT2D eigenvalue weighted by Gasteiger charge is -2.17. The number of nitrogens with one attached hydrogen (secondary N) is 1. The monoisotopic (exact) mass is 293 g/mol. The van der Waals surface area contributed by atoms with Crippen LogP contribution in [-0.2, 0) is 13.5 Å². The Hall–Kier alpha value is -1.27. The molecule has 1 N–H and O–H groups in total. The first-order valence-corrected chi connectivity index (χ1v) is 7.93. The van der Waals surface area contributed by atoms with Crippen molar-refractivity contribution in [3.05, 3.63) is 28.5 Å². The zero-order valence-corrected chi connectivity index (χ0v) is 13.4. The van der Waals surface area contributed by atoms with Crippen molar-refractivity contribution in [1.82, 2.24) is 24.7 Å². The fraction of sp³-hybridized carbons (Fsp3) is 0.643. The number of hydrogen-bond acceptors (Lipinski definition) is 5. The molecule has 0 aromatic carbocycles. The average Bonchev–Trinajstić information content (AvgIpc) is 3.03. The van der Waals surface area contributed by atoms with Gasteiger partial charge < -0.3 is 5.32 Å². The predicted octanol–water partition coefficient (Wildman–Crippen LogP) is 2.68. The number of aryl methyl sites for hydroxylation is 1. The van der Waals surface area contributed by atoms with E-state index in [9.17, 15) is 0 Å². The molecule has 0 fully saturated rings. The minimum absolute atomic E-state index is 0.252. The van der Waals surface area contributed by atoms with E-state index in [1.165, 1.54) is 16.4 Å². The number of rotatable bonds is 7. The second kappa shape index (κ2) is 6.95. The van der Waals surface area contributed by atoms with Gasteiger partial charge in [-0.1, -0.05) is 25.3 Å². The van der Waals surface area contributed by atoms with Crippen molar-refractivity contribution in [2.45, 2.75) is 45.6 Å². The van der Waals surface area contributed by atoms with Crippen molar-refractivity contribution >= 4 is 11.5 Å². The molecule has 2 rings (SSSR count). The molecule has 2 aromatic heterocycles. The van der Waals surface area contributed by atoms with E-state index in [0.717, 1.165) is 30.8 Å². The largest absolute Gasteiger partial charge is 0.309 e. The molecular weight excluding hydrogens is 270 g/mol. The molecule has 0 aliphatic rings. The Kier molecular flexibility index (Phi) is 5.25. The van der Waals surface area contributed by atoms with Gasteiger partial charge in [-0.3, -0.25) is 4.68 Å². The topological polar surface area (TPSA) is 55.6 Å². The van der Waals surface area contributed by atoms with Crippen LogP contribution in [0.4, 0.5) is 0 Å². The van der Waals surface area contributed by atoms with Gasteiger partial charge in [0.15, 0.2) is 0 Å². The van der Waals surface area contributed by atoms with Crippen LogP contribution in [0, 0.1) is 0 Å². The molecule has 110 valence electrons. The first-order valence-electron chi connectivity index (χ1n) is 7.15. The van der Waals surface area contributed by atoms with Crippen LogP contribution < -0.4 is 5.32 Å². The Morgan fingerprint density at radius 2 is 2.20 bits per heavy atom. The van der Waals surface area contributed by atoms with Crippen LogP contribution in [0.25, 0.3) is 0 Å². The maximum absolute atomic E-state index is 4.48. The third kappa shape index (κ3) is 3.64. The summed E-state index contributed by atoms with van der Waals surface area (Å²) in [6, 6.07) is 2.33. The van der Waals surface area contributed by atoms with E-state index in [4.69, 9.17) is 0 Å². The Labute approximate surface area is 124 Å². The highest BCUT2D eigenvalue weighted by Crippen LogP contribution is 2.28. The summed E-state index contributed by atoms with van der Waals surface area (Å²) in [5.74, 6) is 0.401. The Morgan fingerprint density at radius 1 is 1.40 bits per heavy atom. The normalized spacial score (nSPS) is 13.1. The standard InChI is InChI=1S/C14H23N5S/c1-5-7-15-12(9-11-6-8-19(4)17-11)14-13(10(2)3)16-18-20-14/h6,8,10,12,15H,5,7,9H2,1-4H3. The van der Waals surface area contributed by atoms with E-state index in [1.807, 2.05) is 17.9 Å². The van der Waals surface area contributed by atoms with Gasteiger partial charge in [0.05, 0.1) is 22.3 Å². The Morgan fingerprint density at radius 3 is 2.80 bits per heavy atom. The van der Waals surface area contributed by atoms with Crippen LogP contribution in [0.5, 0.6) is 0 Å². The minimum Gasteiger partial charge on any atom is -0.309 e. The van der Waals surface area contributed by atoms with E-state index in [1.54, 1.807) is 0 Å². The molecule has 6 heteroatoms. The van der Waals surface area contributed by atoms with E-state index < -0.39 is 0 Å². The molecule has 1 unspecified atom stereocenters.